The number of nitrogens with zero attached hydrogens (tertiary/aromatic N) is 5. The summed E-state index contributed by atoms with van der Waals surface area (Å²) in [6.45, 7) is 18.1. The van der Waals surface area contributed by atoms with Crippen molar-refractivity contribution in [3.63, 3.8) is 0 Å². The van der Waals surface area contributed by atoms with Gasteiger partial charge in [-0.3, -0.25) is 4.90 Å². The van der Waals surface area contributed by atoms with Gasteiger partial charge in [-0.15, -0.1) is 0 Å². The van der Waals surface area contributed by atoms with Crippen LogP contribution in [0.2, 0.25) is 0 Å². The van der Waals surface area contributed by atoms with Gasteiger partial charge in [0.15, 0.2) is 0 Å². The highest BCUT2D eigenvalue weighted by atomic mass is 19.1. The smallest absolute Gasteiger partial charge is 0.137 e. The van der Waals surface area contributed by atoms with Gasteiger partial charge in [-0.25, -0.2) is 9.07 Å². The molecular formula is C29H40FN5. The molecule has 1 unspecified atom stereocenters. The first-order chi connectivity index (χ1) is 16.9. The maximum absolute atomic E-state index is 13.7. The summed E-state index contributed by atoms with van der Waals surface area (Å²) in [6, 6.07) is 17.9. The van der Waals surface area contributed by atoms with Gasteiger partial charge in [0.1, 0.15) is 11.6 Å². The van der Waals surface area contributed by atoms with Crippen molar-refractivity contribution in [2.24, 2.45) is 0 Å². The van der Waals surface area contributed by atoms with E-state index in [0.29, 0.717) is 12.0 Å². The molecule has 0 spiro atoms. The molecular weight excluding hydrogens is 437 g/mol. The zero-order chi connectivity index (χ0) is 24.9. The molecule has 3 aromatic rings. The Bertz CT molecular complexity index is 1070. The van der Waals surface area contributed by atoms with E-state index in [1.165, 1.54) is 23.3 Å². The summed E-state index contributed by atoms with van der Waals surface area (Å²) < 4.78 is 15.7. The molecule has 2 heterocycles. The Hall–Kier alpha value is -2.70. The largest absolute Gasteiger partial charge is 0.354 e. The van der Waals surface area contributed by atoms with E-state index in [9.17, 15) is 4.39 Å². The van der Waals surface area contributed by atoms with Crippen molar-refractivity contribution in [2.75, 3.05) is 44.2 Å². The zero-order valence-corrected chi connectivity index (χ0v) is 21.9. The van der Waals surface area contributed by atoms with Crippen molar-refractivity contribution in [3.05, 3.63) is 77.2 Å². The summed E-state index contributed by atoms with van der Waals surface area (Å²) in [5.74, 6) is 1.36. The highest BCUT2D eigenvalue weighted by Crippen LogP contribution is 2.31. The lowest BCUT2D eigenvalue weighted by Crippen LogP contribution is -2.47. The van der Waals surface area contributed by atoms with Gasteiger partial charge in [-0.05, 0) is 63.1 Å². The number of hydrogen-bond donors (Lipinski definition) is 0. The van der Waals surface area contributed by atoms with Crippen LogP contribution in [-0.4, -0.2) is 64.9 Å². The number of aromatic nitrogens is 2. The van der Waals surface area contributed by atoms with E-state index in [2.05, 4.69) is 79.7 Å². The van der Waals surface area contributed by atoms with Crippen LogP contribution >= 0.6 is 0 Å². The fraction of sp³-hybridized carbons (Fsp3) is 0.483. The van der Waals surface area contributed by atoms with Gasteiger partial charge < -0.3 is 9.80 Å². The number of aryl methyl sites for hydroxylation is 1. The predicted molar refractivity (Wildman–Crippen MR) is 143 cm³/mol. The second-order valence-electron chi connectivity index (χ2n) is 10.0. The SMILES string of the molecule is CCN1CCN(c2c(CN(CC(C)c3ccccc3)C(C)C)c(C)nn2-c2ccc(F)cc2)CC1. The third kappa shape index (κ3) is 5.93. The highest BCUT2D eigenvalue weighted by molar-refractivity contribution is 5.56. The number of piperazine rings is 1. The minimum atomic E-state index is -0.225. The first kappa shape index (κ1) is 25.4. The summed E-state index contributed by atoms with van der Waals surface area (Å²) >= 11 is 0. The molecule has 1 saturated heterocycles. The molecule has 6 heteroatoms. The fourth-order valence-corrected chi connectivity index (χ4v) is 5.00. The lowest BCUT2D eigenvalue weighted by molar-refractivity contribution is 0.202. The van der Waals surface area contributed by atoms with E-state index in [-0.39, 0.29) is 5.82 Å². The molecule has 1 aromatic heterocycles. The van der Waals surface area contributed by atoms with E-state index in [1.54, 1.807) is 0 Å². The van der Waals surface area contributed by atoms with Crippen LogP contribution in [0.5, 0.6) is 0 Å². The molecule has 0 N–H and O–H groups in total. The summed E-state index contributed by atoms with van der Waals surface area (Å²) in [5.41, 5.74) is 4.59. The fourth-order valence-electron chi connectivity index (χ4n) is 5.00. The van der Waals surface area contributed by atoms with Crippen LogP contribution < -0.4 is 4.90 Å². The standard InChI is InChI=1S/C29H40FN5/c1-6-32-16-18-33(19-17-32)29-28(24(5)31-35(29)27-14-12-26(30)13-15-27)21-34(22(2)3)20-23(4)25-10-8-7-9-11-25/h7-15,22-23H,6,16-21H2,1-5H3. The van der Waals surface area contributed by atoms with E-state index in [4.69, 9.17) is 5.10 Å². The Labute approximate surface area is 210 Å². The van der Waals surface area contributed by atoms with Crippen molar-refractivity contribution in [1.82, 2.24) is 19.6 Å². The molecule has 0 bridgehead atoms. The van der Waals surface area contributed by atoms with E-state index in [1.807, 2.05) is 16.8 Å². The maximum atomic E-state index is 13.7. The monoisotopic (exact) mass is 477 g/mol. The molecule has 0 saturated carbocycles. The van der Waals surface area contributed by atoms with Crippen LogP contribution in [0.3, 0.4) is 0 Å². The molecule has 5 nitrogen and oxygen atoms in total. The molecule has 1 aliphatic rings. The summed E-state index contributed by atoms with van der Waals surface area (Å²) in [5, 5.41) is 4.99. The molecule has 0 radical (unpaired) electrons. The number of benzene rings is 2. The van der Waals surface area contributed by atoms with Crippen molar-refractivity contribution in [2.45, 2.75) is 53.1 Å². The van der Waals surface area contributed by atoms with Crippen LogP contribution in [-0.2, 0) is 6.54 Å². The molecule has 4 rings (SSSR count). The third-order valence-electron chi connectivity index (χ3n) is 7.32. The van der Waals surface area contributed by atoms with Gasteiger partial charge in [0.25, 0.3) is 0 Å². The van der Waals surface area contributed by atoms with Crippen LogP contribution in [0.15, 0.2) is 54.6 Å². The number of anilines is 1. The lowest BCUT2D eigenvalue weighted by atomic mass is 9.99. The molecule has 2 aromatic carbocycles. The predicted octanol–water partition coefficient (Wildman–Crippen LogP) is 5.48. The molecule has 0 amide bonds. The molecule has 35 heavy (non-hydrogen) atoms. The Balaban J connectivity index is 1.67. The highest BCUT2D eigenvalue weighted by Gasteiger charge is 2.27. The maximum Gasteiger partial charge on any atom is 0.137 e. The number of hydrogen-bond acceptors (Lipinski definition) is 4. The van der Waals surface area contributed by atoms with Gasteiger partial charge >= 0.3 is 0 Å². The van der Waals surface area contributed by atoms with Gasteiger partial charge in [0, 0.05) is 50.9 Å². The molecule has 188 valence electrons. The van der Waals surface area contributed by atoms with Crippen LogP contribution in [0.4, 0.5) is 10.2 Å². The van der Waals surface area contributed by atoms with Crippen molar-refractivity contribution in [1.29, 1.82) is 0 Å². The Morgan fingerprint density at radius 3 is 2.20 bits per heavy atom. The van der Waals surface area contributed by atoms with Crippen LogP contribution in [0.1, 0.15) is 50.4 Å². The van der Waals surface area contributed by atoms with Gasteiger partial charge in [-0.2, -0.15) is 5.10 Å². The average Bonchev–Trinajstić information content (AvgIpc) is 3.20. The minimum Gasteiger partial charge on any atom is -0.354 e. The number of likely N-dealkylation sites (N-methyl/N-ethyl adjacent to an activating group) is 1. The van der Waals surface area contributed by atoms with Gasteiger partial charge in [0.2, 0.25) is 0 Å². The first-order valence-electron chi connectivity index (χ1n) is 13.0. The normalized spacial score (nSPS) is 15.8. The summed E-state index contributed by atoms with van der Waals surface area (Å²) in [7, 11) is 0. The third-order valence-corrected chi connectivity index (χ3v) is 7.32. The van der Waals surface area contributed by atoms with Gasteiger partial charge in [-0.1, -0.05) is 44.2 Å². The van der Waals surface area contributed by atoms with E-state index < -0.39 is 0 Å². The first-order valence-corrected chi connectivity index (χ1v) is 13.0. The minimum absolute atomic E-state index is 0.225. The van der Waals surface area contributed by atoms with E-state index >= 15 is 0 Å². The van der Waals surface area contributed by atoms with Crippen molar-refractivity contribution in [3.8, 4) is 5.69 Å². The Morgan fingerprint density at radius 1 is 0.943 bits per heavy atom. The number of halogens is 1. The molecule has 1 fully saturated rings. The van der Waals surface area contributed by atoms with Gasteiger partial charge in [0.05, 0.1) is 11.4 Å². The van der Waals surface area contributed by atoms with E-state index in [0.717, 1.165) is 63.0 Å². The van der Waals surface area contributed by atoms with Crippen molar-refractivity contribution >= 4 is 5.82 Å². The molecule has 1 aliphatic heterocycles. The summed E-state index contributed by atoms with van der Waals surface area (Å²) in [6.07, 6.45) is 0. The average molecular weight is 478 g/mol. The second kappa shape index (κ2) is 11.4. The number of rotatable bonds is 9. The second-order valence-corrected chi connectivity index (χ2v) is 10.0. The quantitative estimate of drug-likeness (QED) is 0.408. The van der Waals surface area contributed by atoms with Crippen molar-refractivity contribution < 1.29 is 4.39 Å². The Kier molecular flexibility index (Phi) is 8.24. The zero-order valence-electron chi connectivity index (χ0n) is 21.9. The Morgan fingerprint density at radius 2 is 1.60 bits per heavy atom. The molecule has 0 aliphatic carbocycles. The molecule has 1 atom stereocenters. The van der Waals surface area contributed by atoms with Crippen LogP contribution in [0.25, 0.3) is 5.69 Å². The summed E-state index contributed by atoms with van der Waals surface area (Å²) in [4.78, 5) is 7.52. The van der Waals surface area contributed by atoms with Crippen LogP contribution in [0, 0.1) is 12.7 Å². The topological polar surface area (TPSA) is 27.5 Å². The lowest BCUT2D eigenvalue weighted by Gasteiger charge is -2.37.